The third-order valence-corrected chi connectivity index (χ3v) is 3.23. The molecule has 0 radical (unpaired) electrons. The molecule has 6 nitrogen and oxygen atoms in total. The fourth-order valence-electron chi connectivity index (χ4n) is 2.29. The second kappa shape index (κ2) is 8.62. The first-order valence-electron chi connectivity index (χ1n) is 7.12. The first-order valence-corrected chi connectivity index (χ1v) is 7.12. The van der Waals surface area contributed by atoms with Crippen LogP contribution in [0.4, 0.5) is 18.9 Å². The van der Waals surface area contributed by atoms with Crippen LogP contribution in [0.15, 0.2) is 34.3 Å². The molecule has 0 saturated heterocycles. The molecule has 0 aliphatic heterocycles. The smallest absolute Gasteiger partial charge is 0.406 e. The van der Waals surface area contributed by atoms with Gasteiger partial charge in [0.25, 0.3) is 0 Å². The number of guanidine groups is 2. The van der Waals surface area contributed by atoms with E-state index < -0.39 is 6.36 Å². The lowest BCUT2D eigenvalue weighted by Crippen LogP contribution is -2.26. The van der Waals surface area contributed by atoms with E-state index in [2.05, 4.69) is 20.0 Å². The van der Waals surface area contributed by atoms with Crippen molar-refractivity contribution >= 4 is 30.0 Å². The predicted molar refractivity (Wildman–Crippen MR) is 89.5 cm³/mol. The highest BCUT2D eigenvalue weighted by atomic mass is 35.5. The number of nitrogens with two attached hydrogens (primary N) is 2. The van der Waals surface area contributed by atoms with Gasteiger partial charge in [-0.25, -0.2) is 4.99 Å². The molecule has 1 aliphatic rings. The monoisotopic (exact) mass is 365 g/mol. The molecule has 1 aliphatic carbocycles. The highest BCUT2D eigenvalue weighted by Gasteiger charge is 2.30. The van der Waals surface area contributed by atoms with Crippen LogP contribution in [-0.4, -0.2) is 24.3 Å². The summed E-state index contributed by atoms with van der Waals surface area (Å²) in [5, 5.41) is 2.72. The number of rotatable bonds is 3. The summed E-state index contributed by atoms with van der Waals surface area (Å²) in [5.74, 6) is -0.228. The van der Waals surface area contributed by atoms with Gasteiger partial charge in [0, 0.05) is 5.69 Å². The molecule has 0 atom stereocenters. The average Bonchev–Trinajstić information content (AvgIpc) is 2.91. The van der Waals surface area contributed by atoms with E-state index in [0.29, 0.717) is 5.69 Å². The van der Waals surface area contributed by atoms with Gasteiger partial charge in [0.1, 0.15) is 5.75 Å². The van der Waals surface area contributed by atoms with E-state index in [1.807, 2.05) is 0 Å². The SMILES string of the molecule is Cl.NC(=NC1CCCC1)N=C(N)Nc1ccc(OC(F)(F)F)cc1. The minimum atomic E-state index is -4.72. The Bertz CT molecular complexity index is 583. The highest BCUT2D eigenvalue weighted by molar-refractivity contribution is 6.00. The van der Waals surface area contributed by atoms with Crippen LogP contribution in [0.3, 0.4) is 0 Å². The van der Waals surface area contributed by atoms with Crippen LogP contribution in [0.2, 0.25) is 0 Å². The van der Waals surface area contributed by atoms with Crippen molar-refractivity contribution in [2.24, 2.45) is 21.5 Å². The van der Waals surface area contributed by atoms with E-state index in [1.165, 1.54) is 24.3 Å². The van der Waals surface area contributed by atoms with Crippen molar-refractivity contribution in [1.82, 2.24) is 0 Å². The van der Waals surface area contributed by atoms with Crippen molar-refractivity contribution in [2.75, 3.05) is 5.32 Å². The molecular weight excluding hydrogens is 347 g/mol. The highest BCUT2D eigenvalue weighted by Crippen LogP contribution is 2.24. The van der Waals surface area contributed by atoms with Crippen LogP contribution in [-0.2, 0) is 0 Å². The van der Waals surface area contributed by atoms with Crippen molar-refractivity contribution in [2.45, 2.75) is 38.1 Å². The number of hydrogen-bond donors (Lipinski definition) is 3. The van der Waals surface area contributed by atoms with E-state index in [1.54, 1.807) is 0 Å². The average molecular weight is 366 g/mol. The molecule has 1 saturated carbocycles. The quantitative estimate of drug-likeness (QED) is 0.566. The lowest BCUT2D eigenvalue weighted by Gasteiger charge is -2.10. The number of nitrogens with zero attached hydrogens (tertiary/aromatic N) is 2. The Morgan fingerprint density at radius 3 is 2.25 bits per heavy atom. The fraction of sp³-hybridized carbons (Fsp3) is 0.429. The van der Waals surface area contributed by atoms with Gasteiger partial charge in [-0.3, -0.25) is 0 Å². The molecule has 5 N–H and O–H groups in total. The van der Waals surface area contributed by atoms with Gasteiger partial charge in [-0.1, -0.05) is 12.8 Å². The summed E-state index contributed by atoms with van der Waals surface area (Å²) in [6, 6.07) is 5.28. The van der Waals surface area contributed by atoms with E-state index in [0.717, 1.165) is 25.7 Å². The zero-order valence-corrected chi connectivity index (χ0v) is 13.5. The van der Waals surface area contributed by atoms with E-state index >= 15 is 0 Å². The maximum Gasteiger partial charge on any atom is 0.573 e. The minimum absolute atomic E-state index is 0. The van der Waals surface area contributed by atoms with Crippen LogP contribution < -0.4 is 21.5 Å². The summed E-state index contributed by atoms with van der Waals surface area (Å²) in [7, 11) is 0. The van der Waals surface area contributed by atoms with Gasteiger partial charge < -0.3 is 21.5 Å². The first-order chi connectivity index (χ1) is 10.8. The lowest BCUT2D eigenvalue weighted by atomic mass is 10.3. The van der Waals surface area contributed by atoms with E-state index in [-0.39, 0.29) is 36.1 Å². The number of halogens is 4. The zero-order valence-electron chi connectivity index (χ0n) is 12.7. The Kier molecular flexibility index (Phi) is 7.15. The topological polar surface area (TPSA) is 98.0 Å². The van der Waals surface area contributed by atoms with Crippen molar-refractivity contribution in [3.8, 4) is 5.75 Å². The number of alkyl halides is 3. The zero-order chi connectivity index (χ0) is 16.9. The lowest BCUT2D eigenvalue weighted by molar-refractivity contribution is -0.274. The molecule has 2 rings (SSSR count). The van der Waals surface area contributed by atoms with Gasteiger partial charge in [-0.2, -0.15) is 4.99 Å². The van der Waals surface area contributed by atoms with Gasteiger partial charge in [0.15, 0.2) is 0 Å². The summed E-state index contributed by atoms with van der Waals surface area (Å²) in [6.07, 6.45) is -0.481. The second-order valence-electron chi connectivity index (χ2n) is 5.12. The van der Waals surface area contributed by atoms with Crippen LogP contribution in [0.25, 0.3) is 0 Å². The summed E-state index contributed by atoms with van der Waals surface area (Å²) >= 11 is 0. The molecule has 134 valence electrons. The minimum Gasteiger partial charge on any atom is -0.406 e. The third kappa shape index (κ3) is 6.95. The number of hydrogen-bond acceptors (Lipinski definition) is 2. The molecule has 0 unspecified atom stereocenters. The van der Waals surface area contributed by atoms with Gasteiger partial charge >= 0.3 is 6.36 Å². The molecule has 0 heterocycles. The number of ether oxygens (including phenoxy) is 1. The van der Waals surface area contributed by atoms with Crippen molar-refractivity contribution < 1.29 is 17.9 Å². The fourth-order valence-corrected chi connectivity index (χ4v) is 2.29. The Hall–Kier alpha value is -2.16. The van der Waals surface area contributed by atoms with Crippen molar-refractivity contribution in [3.63, 3.8) is 0 Å². The number of anilines is 1. The number of aliphatic imine (C=N–C) groups is 2. The van der Waals surface area contributed by atoms with Gasteiger partial charge in [-0.15, -0.1) is 25.6 Å². The maximum atomic E-state index is 12.1. The van der Waals surface area contributed by atoms with Crippen molar-refractivity contribution in [1.29, 1.82) is 0 Å². The summed E-state index contributed by atoms with van der Waals surface area (Å²) in [5.41, 5.74) is 11.8. The van der Waals surface area contributed by atoms with E-state index in [9.17, 15) is 13.2 Å². The predicted octanol–water partition coefficient (Wildman–Crippen LogP) is 2.99. The van der Waals surface area contributed by atoms with Crippen LogP contribution in [0, 0.1) is 0 Å². The largest absolute Gasteiger partial charge is 0.573 e. The van der Waals surface area contributed by atoms with Crippen LogP contribution in [0.5, 0.6) is 5.75 Å². The second-order valence-corrected chi connectivity index (χ2v) is 5.12. The summed E-state index contributed by atoms with van der Waals surface area (Å²) in [6.45, 7) is 0. The molecule has 10 heteroatoms. The Labute approximate surface area is 143 Å². The van der Waals surface area contributed by atoms with Crippen molar-refractivity contribution in [3.05, 3.63) is 24.3 Å². The molecule has 0 amide bonds. The third-order valence-electron chi connectivity index (χ3n) is 3.23. The molecule has 1 aromatic carbocycles. The first kappa shape index (κ1) is 19.9. The summed E-state index contributed by atoms with van der Waals surface area (Å²) in [4.78, 5) is 8.17. The van der Waals surface area contributed by atoms with Gasteiger partial charge in [-0.05, 0) is 37.1 Å². The Morgan fingerprint density at radius 2 is 1.71 bits per heavy atom. The number of nitrogens with one attached hydrogen (secondary N) is 1. The molecular formula is C14H19ClF3N5O. The molecule has 0 bridgehead atoms. The van der Waals surface area contributed by atoms with Gasteiger partial charge in [0.2, 0.25) is 11.9 Å². The molecule has 1 fully saturated rings. The molecule has 24 heavy (non-hydrogen) atoms. The Morgan fingerprint density at radius 1 is 1.12 bits per heavy atom. The number of benzene rings is 1. The van der Waals surface area contributed by atoms with Crippen LogP contribution >= 0.6 is 12.4 Å². The summed E-state index contributed by atoms with van der Waals surface area (Å²) < 4.78 is 39.9. The van der Waals surface area contributed by atoms with Crippen LogP contribution in [0.1, 0.15) is 25.7 Å². The normalized spacial score (nSPS) is 16.6. The maximum absolute atomic E-state index is 12.1. The van der Waals surface area contributed by atoms with E-state index in [4.69, 9.17) is 11.5 Å². The van der Waals surface area contributed by atoms with Gasteiger partial charge in [0.05, 0.1) is 6.04 Å². The Balaban J connectivity index is 0.00000288. The molecule has 1 aromatic rings. The standard InChI is InChI=1S/C14H18F3N5O.ClH/c15-14(16,17)23-11-7-5-10(6-8-11)21-13(19)22-12(18)20-9-3-1-2-4-9;/h5-9H,1-4H2,(H5,18,19,20,21,22);1H. The molecule has 0 aromatic heterocycles. The molecule has 0 spiro atoms.